The second-order valence-electron chi connectivity index (χ2n) is 6.75. The van der Waals surface area contributed by atoms with Crippen molar-refractivity contribution in [2.75, 3.05) is 13.2 Å². The van der Waals surface area contributed by atoms with Crippen LogP contribution in [0.15, 0.2) is 42.5 Å². The number of hydrogen-bond donors (Lipinski definition) is 1. The second kappa shape index (κ2) is 8.31. The number of nitriles is 1. The second-order valence-corrected chi connectivity index (χ2v) is 7.59. The van der Waals surface area contributed by atoms with Crippen molar-refractivity contribution in [3.8, 4) is 6.07 Å². The molecule has 1 heterocycles. The predicted octanol–water partition coefficient (Wildman–Crippen LogP) is 4.79. The zero-order valence-electron chi connectivity index (χ0n) is 15.0. The van der Waals surface area contributed by atoms with Crippen LogP contribution < -0.4 is 5.32 Å². The van der Waals surface area contributed by atoms with Crippen LogP contribution in [0.25, 0.3) is 0 Å². The summed E-state index contributed by atoms with van der Waals surface area (Å²) >= 11 is 12.5. The molecule has 1 fully saturated rings. The lowest BCUT2D eigenvalue weighted by atomic mass is 9.73. The van der Waals surface area contributed by atoms with Crippen LogP contribution in [-0.2, 0) is 14.9 Å². The topological polar surface area (TPSA) is 62.1 Å². The Bertz CT molecular complexity index is 869. The average molecular weight is 403 g/mol. The van der Waals surface area contributed by atoms with Crippen LogP contribution in [0.4, 0.5) is 0 Å². The van der Waals surface area contributed by atoms with Crippen LogP contribution in [0.1, 0.15) is 42.5 Å². The van der Waals surface area contributed by atoms with Crippen LogP contribution in [0.5, 0.6) is 0 Å². The zero-order chi connectivity index (χ0) is 19.4. The van der Waals surface area contributed by atoms with Crippen molar-refractivity contribution in [1.29, 1.82) is 5.26 Å². The highest BCUT2D eigenvalue weighted by molar-refractivity contribution is 6.35. The van der Waals surface area contributed by atoms with Gasteiger partial charge in [-0.1, -0.05) is 41.4 Å². The molecule has 1 amide bonds. The van der Waals surface area contributed by atoms with Gasteiger partial charge in [-0.3, -0.25) is 4.79 Å². The van der Waals surface area contributed by atoms with Gasteiger partial charge in [-0.15, -0.1) is 0 Å². The number of benzene rings is 2. The number of ether oxygens (including phenoxy) is 1. The Morgan fingerprint density at radius 3 is 2.44 bits per heavy atom. The smallest absolute Gasteiger partial charge is 0.231 e. The van der Waals surface area contributed by atoms with Gasteiger partial charge in [0.2, 0.25) is 5.91 Å². The number of rotatable bonds is 4. The van der Waals surface area contributed by atoms with Crippen molar-refractivity contribution in [3.63, 3.8) is 0 Å². The summed E-state index contributed by atoms with van der Waals surface area (Å²) in [6.07, 6.45) is 1.11. The molecule has 0 aromatic heterocycles. The lowest BCUT2D eigenvalue weighted by Crippen LogP contribution is -2.48. The van der Waals surface area contributed by atoms with E-state index >= 15 is 0 Å². The average Bonchev–Trinajstić information content (AvgIpc) is 2.68. The molecule has 140 valence electrons. The van der Waals surface area contributed by atoms with E-state index in [-0.39, 0.29) is 11.9 Å². The van der Waals surface area contributed by atoms with Crippen molar-refractivity contribution in [3.05, 3.63) is 69.2 Å². The summed E-state index contributed by atoms with van der Waals surface area (Å²) < 4.78 is 5.50. The van der Waals surface area contributed by atoms with Gasteiger partial charge in [-0.05, 0) is 55.2 Å². The minimum atomic E-state index is -0.749. The third-order valence-electron chi connectivity index (χ3n) is 5.12. The summed E-state index contributed by atoms with van der Waals surface area (Å²) in [6, 6.07) is 14.4. The standard InChI is InChI=1S/C21H20Cl2N2O2/c1-14(16-4-2-15(13-24)3-5-16)25-20(26)21(8-10-27-11-9-21)18-7-6-17(22)12-19(18)23/h2-7,12,14H,8-11H2,1H3,(H,25,26). The molecule has 2 aromatic carbocycles. The molecule has 27 heavy (non-hydrogen) atoms. The fourth-order valence-electron chi connectivity index (χ4n) is 3.48. The molecule has 1 saturated heterocycles. The van der Waals surface area contributed by atoms with E-state index in [9.17, 15) is 4.79 Å². The van der Waals surface area contributed by atoms with Gasteiger partial charge in [0.05, 0.1) is 23.1 Å². The highest BCUT2D eigenvalue weighted by Gasteiger charge is 2.43. The monoisotopic (exact) mass is 402 g/mol. The molecule has 3 rings (SSSR count). The van der Waals surface area contributed by atoms with E-state index in [0.29, 0.717) is 41.7 Å². The van der Waals surface area contributed by atoms with Gasteiger partial charge >= 0.3 is 0 Å². The number of carbonyl (C=O) groups is 1. The van der Waals surface area contributed by atoms with Crippen molar-refractivity contribution < 1.29 is 9.53 Å². The summed E-state index contributed by atoms with van der Waals surface area (Å²) in [6.45, 7) is 2.92. The van der Waals surface area contributed by atoms with Crippen LogP contribution in [0.3, 0.4) is 0 Å². The summed E-state index contributed by atoms with van der Waals surface area (Å²) in [5, 5.41) is 13.1. The van der Waals surface area contributed by atoms with Gasteiger partial charge in [-0.2, -0.15) is 5.26 Å². The maximum absolute atomic E-state index is 13.4. The molecule has 1 N–H and O–H groups in total. The third kappa shape index (κ3) is 4.11. The Hall–Kier alpha value is -2.06. The van der Waals surface area contributed by atoms with Crippen molar-refractivity contribution >= 4 is 29.1 Å². The van der Waals surface area contributed by atoms with Gasteiger partial charge in [-0.25, -0.2) is 0 Å². The summed E-state index contributed by atoms with van der Waals surface area (Å²) in [4.78, 5) is 13.4. The molecule has 1 aliphatic rings. The third-order valence-corrected chi connectivity index (χ3v) is 5.66. The first-order valence-corrected chi connectivity index (χ1v) is 9.56. The van der Waals surface area contributed by atoms with E-state index < -0.39 is 5.41 Å². The first kappa shape index (κ1) is 19.7. The van der Waals surface area contributed by atoms with E-state index in [2.05, 4.69) is 11.4 Å². The quantitative estimate of drug-likeness (QED) is 0.799. The molecule has 2 aromatic rings. The van der Waals surface area contributed by atoms with Gasteiger partial charge in [0.1, 0.15) is 0 Å². The van der Waals surface area contributed by atoms with Crippen LogP contribution >= 0.6 is 23.2 Å². The zero-order valence-corrected chi connectivity index (χ0v) is 16.5. The Balaban J connectivity index is 1.88. The predicted molar refractivity (Wildman–Crippen MR) is 106 cm³/mol. The van der Waals surface area contributed by atoms with E-state index in [1.165, 1.54) is 0 Å². The molecule has 0 saturated carbocycles. The van der Waals surface area contributed by atoms with E-state index in [0.717, 1.165) is 11.1 Å². The maximum Gasteiger partial charge on any atom is 0.231 e. The fraction of sp³-hybridized carbons (Fsp3) is 0.333. The minimum Gasteiger partial charge on any atom is -0.381 e. The van der Waals surface area contributed by atoms with Gasteiger partial charge in [0.15, 0.2) is 0 Å². The molecule has 0 radical (unpaired) electrons. The first-order valence-electron chi connectivity index (χ1n) is 8.80. The summed E-state index contributed by atoms with van der Waals surface area (Å²) in [5.41, 5.74) is 1.56. The number of amides is 1. The number of nitrogens with one attached hydrogen (secondary N) is 1. The van der Waals surface area contributed by atoms with Gasteiger partial charge < -0.3 is 10.1 Å². The van der Waals surface area contributed by atoms with Crippen molar-refractivity contribution in [1.82, 2.24) is 5.32 Å². The SMILES string of the molecule is CC(NC(=O)C1(c2ccc(Cl)cc2Cl)CCOCC1)c1ccc(C#N)cc1. The molecule has 1 unspecified atom stereocenters. The molecular formula is C21H20Cl2N2O2. The highest BCUT2D eigenvalue weighted by Crippen LogP contribution is 2.40. The van der Waals surface area contributed by atoms with Crippen molar-refractivity contribution in [2.45, 2.75) is 31.2 Å². The molecule has 6 heteroatoms. The Morgan fingerprint density at radius 2 is 1.85 bits per heavy atom. The van der Waals surface area contributed by atoms with Gasteiger partial charge in [0.25, 0.3) is 0 Å². The minimum absolute atomic E-state index is 0.0770. The van der Waals surface area contributed by atoms with Crippen molar-refractivity contribution in [2.24, 2.45) is 0 Å². The molecule has 0 aliphatic carbocycles. The normalized spacial score (nSPS) is 17.0. The summed E-state index contributed by atoms with van der Waals surface area (Å²) in [5.74, 6) is -0.0770. The van der Waals surface area contributed by atoms with Crippen LogP contribution in [-0.4, -0.2) is 19.1 Å². The Morgan fingerprint density at radius 1 is 1.19 bits per heavy atom. The van der Waals surface area contributed by atoms with Gasteiger partial charge in [0, 0.05) is 23.3 Å². The van der Waals surface area contributed by atoms with Crippen LogP contribution in [0, 0.1) is 11.3 Å². The number of nitrogens with zero attached hydrogens (tertiary/aromatic N) is 1. The Labute approximate surface area is 169 Å². The molecular weight excluding hydrogens is 383 g/mol. The molecule has 4 nitrogen and oxygen atoms in total. The lowest BCUT2D eigenvalue weighted by molar-refractivity contribution is -0.131. The van der Waals surface area contributed by atoms with E-state index in [1.807, 2.05) is 25.1 Å². The highest BCUT2D eigenvalue weighted by atomic mass is 35.5. The fourth-order valence-corrected chi connectivity index (χ4v) is 4.07. The number of carbonyl (C=O) groups excluding carboxylic acids is 1. The van der Waals surface area contributed by atoms with Crippen LogP contribution in [0.2, 0.25) is 10.0 Å². The maximum atomic E-state index is 13.4. The molecule has 0 bridgehead atoms. The molecule has 0 spiro atoms. The number of hydrogen-bond acceptors (Lipinski definition) is 3. The molecule has 1 aliphatic heterocycles. The number of halogens is 2. The Kier molecular flexibility index (Phi) is 6.06. The van der Waals surface area contributed by atoms with E-state index in [1.54, 1.807) is 24.3 Å². The largest absolute Gasteiger partial charge is 0.381 e. The summed E-state index contributed by atoms with van der Waals surface area (Å²) in [7, 11) is 0. The van der Waals surface area contributed by atoms with E-state index in [4.69, 9.17) is 33.2 Å². The molecule has 1 atom stereocenters. The first-order chi connectivity index (χ1) is 13.0. The lowest BCUT2D eigenvalue weighted by Gasteiger charge is -2.37.